The van der Waals surface area contributed by atoms with E-state index >= 15 is 0 Å². The van der Waals surface area contributed by atoms with Gasteiger partial charge in [-0.1, -0.05) is 23.7 Å². The van der Waals surface area contributed by atoms with Gasteiger partial charge in [0.1, 0.15) is 0 Å². The molecule has 1 amide bonds. The van der Waals surface area contributed by atoms with Gasteiger partial charge >= 0.3 is 0 Å². The highest BCUT2D eigenvalue weighted by molar-refractivity contribution is 6.34. The van der Waals surface area contributed by atoms with Crippen LogP contribution in [0.1, 0.15) is 29.6 Å². The summed E-state index contributed by atoms with van der Waals surface area (Å²) in [6, 6.07) is 6.96. The van der Waals surface area contributed by atoms with Crippen LogP contribution in [0.5, 0.6) is 0 Å². The van der Waals surface area contributed by atoms with E-state index in [1.165, 1.54) is 6.42 Å². The molecular formula is C16H18ClN3O2. The van der Waals surface area contributed by atoms with Crippen molar-refractivity contribution < 1.29 is 9.53 Å². The second-order valence-corrected chi connectivity index (χ2v) is 5.78. The minimum Gasteiger partial charge on any atom is -0.376 e. The van der Waals surface area contributed by atoms with E-state index in [1.807, 2.05) is 6.20 Å². The molecule has 0 radical (unpaired) electrons. The highest BCUT2D eigenvalue weighted by Gasteiger charge is 2.15. The molecule has 1 aromatic heterocycles. The lowest BCUT2D eigenvalue weighted by Gasteiger charge is -2.22. The number of nitrogens with zero attached hydrogens (tertiary/aromatic N) is 2. The minimum atomic E-state index is -0.237. The molecule has 2 aromatic rings. The minimum absolute atomic E-state index is 0.209. The van der Waals surface area contributed by atoms with E-state index in [-0.39, 0.29) is 12.0 Å². The third-order valence-electron chi connectivity index (χ3n) is 3.67. The number of aromatic nitrogens is 2. The molecule has 1 atom stereocenters. The van der Waals surface area contributed by atoms with E-state index in [2.05, 4.69) is 10.4 Å². The SMILES string of the molecule is O=C(Nc1cnn(C[C@@H]2CCCCO2)c1)c1ccccc1Cl. The lowest BCUT2D eigenvalue weighted by atomic mass is 10.1. The Morgan fingerprint density at radius 3 is 3.05 bits per heavy atom. The summed E-state index contributed by atoms with van der Waals surface area (Å²) in [5.74, 6) is -0.237. The molecule has 0 spiro atoms. The molecule has 5 nitrogen and oxygen atoms in total. The van der Waals surface area contributed by atoms with Gasteiger partial charge in [0.2, 0.25) is 0 Å². The quantitative estimate of drug-likeness (QED) is 0.940. The number of halogens is 1. The van der Waals surface area contributed by atoms with Crippen LogP contribution in [0.25, 0.3) is 0 Å². The van der Waals surface area contributed by atoms with E-state index in [4.69, 9.17) is 16.3 Å². The lowest BCUT2D eigenvalue weighted by Crippen LogP contribution is -2.24. The van der Waals surface area contributed by atoms with Crippen molar-refractivity contribution in [1.29, 1.82) is 0 Å². The fourth-order valence-electron chi connectivity index (χ4n) is 2.53. The van der Waals surface area contributed by atoms with Crippen molar-refractivity contribution in [2.24, 2.45) is 0 Å². The van der Waals surface area contributed by atoms with Crippen molar-refractivity contribution in [2.75, 3.05) is 11.9 Å². The number of anilines is 1. The average Bonchev–Trinajstić information content (AvgIpc) is 2.95. The molecule has 0 saturated carbocycles. The van der Waals surface area contributed by atoms with Crippen molar-refractivity contribution >= 4 is 23.2 Å². The largest absolute Gasteiger partial charge is 0.376 e. The zero-order valence-electron chi connectivity index (χ0n) is 12.2. The summed E-state index contributed by atoms with van der Waals surface area (Å²) in [6.45, 7) is 1.53. The van der Waals surface area contributed by atoms with Gasteiger partial charge in [0, 0.05) is 12.8 Å². The molecule has 3 rings (SSSR count). The zero-order chi connectivity index (χ0) is 15.4. The van der Waals surface area contributed by atoms with E-state index in [0.29, 0.717) is 22.8 Å². The molecule has 2 heterocycles. The Labute approximate surface area is 134 Å². The van der Waals surface area contributed by atoms with Crippen LogP contribution in [0.2, 0.25) is 5.02 Å². The van der Waals surface area contributed by atoms with Crippen LogP contribution in [0.15, 0.2) is 36.7 Å². The van der Waals surface area contributed by atoms with Gasteiger partial charge < -0.3 is 10.1 Å². The molecule has 6 heteroatoms. The number of carbonyl (C=O) groups excluding carboxylic acids is 1. The molecule has 1 aromatic carbocycles. The standard InChI is InChI=1S/C16H18ClN3O2/c17-15-7-2-1-6-14(15)16(21)19-12-9-18-20(10-12)11-13-5-3-4-8-22-13/h1-2,6-7,9-10,13H,3-5,8,11H2,(H,19,21)/t13-/m0/s1. The first kappa shape index (κ1) is 15.1. The molecule has 1 saturated heterocycles. The molecule has 0 unspecified atom stereocenters. The summed E-state index contributed by atoms with van der Waals surface area (Å²) in [5.41, 5.74) is 1.10. The maximum atomic E-state index is 12.2. The summed E-state index contributed by atoms with van der Waals surface area (Å²) in [6.07, 6.45) is 7.04. The van der Waals surface area contributed by atoms with Crippen LogP contribution in [0.4, 0.5) is 5.69 Å². The Morgan fingerprint density at radius 2 is 2.27 bits per heavy atom. The van der Waals surface area contributed by atoms with E-state index in [0.717, 1.165) is 19.4 Å². The van der Waals surface area contributed by atoms with Crippen molar-refractivity contribution in [3.8, 4) is 0 Å². The maximum Gasteiger partial charge on any atom is 0.257 e. The number of carbonyl (C=O) groups is 1. The van der Waals surface area contributed by atoms with E-state index in [9.17, 15) is 4.79 Å². The number of hydrogen-bond donors (Lipinski definition) is 1. The number of ether oxygens (including phenoxy) is 1. The Balaban J connectivity index is 1.61. The van der Waals surface area contributed by atoms with Gasteiger partial charge in [-0.25, -0.2) is 0 Å². The molecule has 0 bridgehead atoms. The average molecular weight is 320 g/mol. The van der Waals surface area contributed by atoms with Crippen molar-refractivity contribution in [1.82, 2.24) is 9.78 Å². The van der Waals surface area contributed by atoms with Crippen LogP contribution in [0.3, 0.4) is 0 Å². The van der Waals surface area contributed by atoms with Gasteiger partial charge in [0.25, 0.3) is 5.91 Å². The molecule has 116 valence electrons. The first-order valence-corrected chi connectivity index (χ1v) is 7.80. The smallest absolute Gasteiger partial charge is 0.257 e. The van der Waals surface area contributed by atoms with Crippen LogP contribution < -0.4 is 5.32 Å². The highest BCUT2D eigenvalue weighted by Crippen LogP contribution is 2.18. The number of rotatable bonds is 4. The topological polar surface area (TPSA) is 56.2 Å². The van der Waals surface area contributed by atoms with Gasteiger partial charge in [-0.15, -0.1) is 0 Å². The fraction of sp³-hybridized carbons (Fsp3) is 0.375. The maximum absolute atomic E-state index is 12.2. The third-order valence-corrected chi connectivity index (χ3v) is 4.00. The summed E-state index contributed by atoms with van der Waals surface area (Å²) >= 11 is 6.02. The predicted molar refractivity (Wildman–Crippen MR) is 85.2 cm³/mol. The van der Waals surface area contributed by atoms with Crippen LogP contribution >= 0.6 is 11.6 Å². The van der Waals surface area contributed by atoms with Crippen molar-refractivity contribution in [3.05, 3.63) is 47.2 Å². The fourth-order valence-corrected chi connectivity index (χ4v) is 2.75. The van der Waals surface area contributed by atoms with Crippen LogP contribution in [0, 0.1) is 0 Å². The summed E-state index contributed by atoms with van der Waals surface area (Å²) in [7, 11) is 0. The zero-order valence-corrected chi connectivity index (χ0v) is 12.9. The molecule has 0 aliphatic carbocycles. The van der Waals surface area contributed by atoms with E-state index in [1.54, 1.807) is 35.1 Å². The Hall–Kier alpha value is -1.85. The number of amides is 1. The number of hydrogen-bond acceptors (Lipinski definition) is 3. The highest BCUT2D eigenvalue weighted by atomic mass is 35.5. The van der Waals surface area contributed by atoms with Gasteiger partial charge in [-0.3, -0.25) is 9.48 Å². The molecule has 1 aliphatic heterocycles. The Kier molecular flexibility index (Phi) is 4.75. The summed E-state index contributed by atoms with van der Waals surface area (Å²) in [4.78, 5) is 12.2. The van der Waals surface area contributed by atoms with Crippen LogP contribution in [-0.4, -0.2) is 28.4 Å². The Bertz CT molecular complexity index is 650. The molecule has 1 fully saturated rings. The monoisotopic (exact) mass is 319 g/mol. The molecule has 1 N–H and O–H groups in total. The second-order valence-electron chi connectivity index (χ2n) is 5.37. The molecule has 1 aliphatic rings. The van der Waals surface area contributed by atoms with Crippen LogP contribution in [-0.2, 0) is 11.3 Å². The summed E-state index contributed by atoms with van der Waals surface area (Å²) in [5, 5.41) is 7.51. The summed E-state index contributed by atoms with van der Waals surface area (Å²) < 4.78 is 7.50. The second kappa shape index (κ2) is 6.94. The van der Waals surface area contributed by atoms with E-state index < -0.39 is 0 Å². The third kappa shape index (κ3) is 3.67. The normalized spacial score (nSPS) is 18.1. The Morgan fingerprint density at radius 1 is 1.41 bits per heavy atom. The van der Waals surface area contributed by atoms with Gasteiger partial charge in [-0.2, -0.15) is 5.10 Å². The van der Waals surface area contributed by atoms with Gasteiger partial charge in [0.15, 0.2) is 0 Å². The first-order chi connectivity index (χ1) is 10.7. The van der Waals surface area contributed by atoms with Crippen molar-refractivity contribution in [3.63, 3.8) is 0 Å². The van der Waals surface area contributed by atoms with Gasteiger partial charge in [-0.05, 0) is 31.4 Å². The molecular weight excluding hydrogens is 302 g/mol. The van der Waals surface area contributed by atoms with Crippen molar-refractivity contribution in [2.45, 2.75) is 31.9 Å². The predicted octanol–water partition coefficient (Wildman–Crippen LogP) is 3.36. The number of benzene rings is 1. The number of nitrogens with one attached hydrogen (secondary N) is 1. The first-order valence-electron chi connectivity index (χ1n) is 7.42. The molecule has 22 heavy (non-hydrogen) atoms. The van der Waals surface area contributed by atoms with Gasteiger partial charge in [0.05, 0.1) is 35.1 Å². The lowest BCUT2D eigenvalue weighted by molar-refractivity contribution is 0.00401.